The van der Waals surface area contributed by atoms with Gasteiger partial charge in [-0.2, -0.15) is 0 Å². The first kappa shape index (κ1) is 16.2. The van der Waals surface area contributed by atoms with Gasteiger partial charge in [0.05, 0.1) is 5.41 Å². The second-order valence-corrected chi connectivity index (χ2v) is 7.24. The summed E-state index contributed by atoms with van der Waals surface area (Å²) >= 11 is 0. The molecule has 0 N–H and O–H groups in total. The van der Waals surface area contributed by atoms with E-state index in [1.165, 1.54) is 0 Å². The van der Waals surface area contributed by atoms with Crippen molar-refractivity contribution in [1.29, 1.82) is 0 Å². The largest absolute Gasteiger partial charge is 0.312 e. The van der Waals surface area contributed by atoms with E-state index in [1.54, 1.807) is 6.33 Å². The highest BCUT2D eigenvalue weighted by molar-refractivity contribution is 5.98. The van der Waals surface area contributed by atoms with E-state index >= 15 is 0 Å². The first-order valence-electron chi connectivity index (χ1n) is 9.10. The van der Waals surface area contributed by atoms with Crippen molar-refractivity contribution in [2.24, 2.45) is 5.41 Å². The van der Waals surface area contributed by atoms with Crippen molar-refractivity contribution in [1.82, 2.24) is 14.9 Å². The lowest BCUT2D eigenvalue weighted by Crippen LogP contribution is -2.56. The Balaban J connectivity index is 1.52. The summed E-state index contributed by atoms with van der Waals surface area (Å²) in [6.07, 6.45) is 9.43. The Bertz CT molecular complexity index is 717. The molecular formula is C20H24N4O. The molecule has 5 nitrogen and oxygen atoms in total. The predicted molar refractivity (Wildman–Crippen MR) is 97.0 cm³/mol. The molecule has 130 valence electrons. The number of amides is 1. The SMILES string of the molecule is O=C1N(c2ccccc2)CCCC12CCCN(Cc1cncnc1)C2. The van der Waals surface area contributed by atoms with Crippen molar-refractivity contribution >= 4 is 11.6 Å². The molecule has 25 heavy (non-hydrogen) atoms. The Morgan fingerprint density at radius 1 is 1.00 bits per heavy atom. The molecular weight excluding hydrogens is 312 g/mol. The lowest BCUT2D eigenvalue weighted by molar-refractivity contribution is -0.134. The molecule has 0 radical (unpaired) electrons. The molecule has 0 bridgehead atoms. The van der Waals surface area contributed by atoms with Crippen LogP contribution in [-0.4, -0.2) is 40.4 Å². The molecule has 2 aromatic rings. The molecule has 1 aromatic heterocycles. The van der Waals surface area contributed by atoms with E-state index in [4.69, 9.17) is 0 Å². The molecule has 0 saturated carbocycles. The van der Waals surface area contributed by atoms with Crippen LogP contribution >= 0.6 is 0 Å². The number of para-hydroxylation sites is 1. The number of piperidine rings is 2. The number of carbonyl (C=O) groups is 1. The predicted octanol–water partition coefficient (Wildman–Crippen LogP) is 2.89. The number of nitrogens with zero attached hydrogens (tertiary/aromatic N) is 4. The van der Waals surface area contributed by atoms with E-state index in [0.29, 0.717) is 5.91 Å². The first-order chi connectivity index (χ1) is 12.3. The van der Waals surface area contributed by atoms with Crippen LogP contribution in [0.2, 0.25) is 0 Å². The number of hydrogen-bond donors (Lipinski definition) is 0. The average Bonchev–Trinajstić information content (AvgIpc) is 2.66. The summed E-state index contributed by atoms with van der Waals surface area (Å²) in [4.78, 5) is 26.0. The third-order valence-electron chi connectivity index (χ3n) is 5.48. The molecule has 2 saturated heterocycles. The topological polar surface area (TPSA) is 49.3 Å². The van der Waals surface area contributed by atoms with E-state index < -0.39 is 0 Å². The summed E-state index contributed by atoms with van der Waals surface area (Å²) in [5.74, 6) is 0.305. The minimum atomic E-state index is -0.234. The number of aromatic nitrogens is 2. The number of rotatable bonds is 3. The number of hydrogen-bond acceptors (Lipinski definition) is 4. The van der Waals surface area contributed by atoms with Gasteiger partial charge in [0.15, 0.2) is 0 Å². The van der Waals surface area contributed by atoms with Crippen LogP contribution in [-0.2, 0) is 11.3 Å². The number of benzene rings is 1. The maximum atomic E-state index is 13.4. The second-order valence-electron chi connectivity index (χ2n) is 7.24. The highest BCUT2D eigenvalue weighted by Crippen LogP contribution is 2.41. The summed E-state index contributed by atoms with van der Waals surface area (Å²) in [5.41, 5.74) is 1.91. The molecule has 3 heterocycles. The molecule has 1 unspecified atom stereocenters. The third kappa shape index (κ3) is 3.29. The highest BCUT2D eigenvalue weighted by Gasteiger charge is 2.46. The van der Waals surface area contributed by atoms with Crippen LogP contribution in [0.5, 0.6) is 0 Å². The fourth-order valence-corrected chi connectivity index (χ4v) is 4.34. The molecule has 1 amide bonds. The number of likely N-dealkylation sites (tertiary alicyclic amines) is 1. The molecule has 2 aliphatic heterocycles. The van der Waals surface area contributed by atoms with Gasteiger partial charge in [0.25, 0.3) is 0 Å². The van der Waals surface area contributed by atoms with Crippen LogP contribution in [0.15, 0.2) is 49.1 Å². The summed E-state index contributed by atoms with van der Waals surface area (Å²) in [5, 5.41) is 0. The monoisotopic (exact) mass is 336 g/mol. The minimum Gasteiger partial charge on any atom is -0.312 e. The minimum absolute atomic E-state index is 0.234. The second kappa shape index (κ2) is 6.92. The Morgan fingerprint density at radius 2 is 1.72 bits per heavy atom. The van der Waals surface area contributed by atoms with Gasteiger partial charge in [0.1, 0.15) is 6.33 Å². The van der Waals surface area contributed by atoms with Crippen LogP contribution in [0.4, 0.5) is 5.69 Å². The fraction of sp³-hybridized carbons (Fsp3) is 0.450. The molecule has 0 aliphatic carbocycles. The normalized spacial score (nSPS) is 24.6. The third-order valence-corrected chi connectivity index (χ3v) is 5.48. The molecule has 2 aliphatic rings. The summed E-state index contributed by atoms with van der Waals surface area (Å²) in [6.45, 7) is 3.53. The van der Waals surface area contributed by atoms with Crippen molar-refractivity contribution < 1.29 is 4.79 Å². The Kier molecular flexibility index (Phi) is 4.49. The van der Waals surface area contributed by atoms with Gasteiger partial charge >= 0.3 is 0 Å². The zero-order chi connectivity index (χ0) is 17.1. The van der Waals surface area contributed by atoms with Crippen LogP contribution in [0.25, 0.3) is 0 Å². The molecule has 4 rings (SSSR count). The van der Waals surface area contributed by atoms with Crippen molar-refractivity contribution in [3.8, 4) is 0 Å². The Labute approximate surface area is 148 Å². The van der Waals surface area contributed by atoms with Gasteiger partial charge in [-0.3, -0.25) is 9.69 Å². The molecule has 5 heteroatoms. The van der Waals surface area contributed by atoms with Crippen LogP contribution in [0.3, 0.4) is 0 Å². The lowest BCUT2D eigenvalue weighted by Gasteiger charge is -2.47. The maximum absolute atomic E-state index is 13.4. The quantitative estimate of drug-likeness (QED) is 0.865. The average molecular weight is 336 g/mol. The maximum Gasteiger partial charge on any atom is 0.234 e. The van der Waals surface area contributed by atoms with Crippen LogP contribution < -0.4 is 4.90 Å². The number of anilines is 1. The van der Waals surface area contributed by atoms with Crippen molar-refractivity contribution in [2.45, 2.75) is 32.2 Å². The Morgan fingerprint density at radius 3 is 2.48 bits per heavy atom. The fourth-order valence-electron chi connectivity index (χ4n) is 4.34. The van der Waals surface area contributed by atoms with Gasteiger partial charge in [-0.05, 0) is 44.4 Å². The molecule has 2 fully saturated rings. The summed E-state index contributed by atoms with van der Waals surface area (Å²) in [6, 6.07) is 10.1. The highest BCUT2D eigenvalue weighted by atomic mass is 16.2. The van der Waals surface area contributed by atoms with Crippen molar-refractivity contribution in [3.63, 3.8) is 0 Å². The van der Waals surface area contributed by atoms with Gasteiger partial charge in [0.2, 0.25) is 5.91 Å². The van der Waals surface area contributed by atoms with Gasteiger partial charge in [-0.25, -0.2) is 9.97 Å². The van der Waals surface area contributed by atoms with Gasteiger partial charge < -0.3 is 4.90 Å². The van der Waals surface area contributed by atoms with Crippen LogP contribution in [0, 0.1) is 5.41 Å². The Hall–Kier alpha value is -2.27. The van der Waals surface area contributed by atoms with E-state index in [0.717, 1.165) is 63.1 Å². The first-order valence-corrected chi connectivity index (χ1v) is 9.10. The van der Waals surface area contributed by atoms with E-state index in [9.17, 15) is 4.79 Å². The standard InChI is InChI=1S/C20H24N4O/c25-19-20(9-5-11-24(19)18-6-2-1-3-7-18)8-4-10-23(15-20)14-17-12-21-16-22-13-17/h1-3,6-7,12-13,16H,4-5,8-11,14-15H2. The molecule has 1 atom stereocenters. The zero-order valence-electron chi connectivity index (χ0n) is 14.5. The van der Waals surface area contributed by atoms with E-state index in [2.05, 4.69) is 14.9 Å². The zero-order valence-corrected chi connectivity index (χ0v) is 14.5. The van der Waals surface area contributed by atoms with Gasteiger partial charge in [-0.1, -0.05) is 18.2 Å². The van der Waals surface area contributed by atoms with Crippen LogP contribution in [0.1, 0.15) is 31.2 Å². The van der Waals surface area contributed by atoms with E-state index in [1.807, 2.05) is 47.6 Å². The summed E-state index contributed by atoms with van der Waals surface area (Å²) in [7, 11) is 0. The van der Waals surface area contributed by atoms with Gasteiger partial charge in [0, 0.05) is 43.3 Å². The lowest BCUT2D eigenvalue weighted by atomic mass is 9.72. The molecule has 1 aromatic carbocycles. The van der Waals surface area contributed by atoms with Crippen molar-refractivity contribution in [3.05, 3.63) is 54.6 Å². The summed E-state index contributed by atoms with van der Waals surface area (Å²) < 4.78 is 0. The molecule has 1 spiro atoms. The smallest absolute Gasteiger partial charge is 0.234 e. The van der Waals surface area contributed by atoms with Gasteiger partial charge in [-0.15, -0.1) is 0 Å². The van der Waals surface area contributed by atoms with Crippen molar-refractivity contribution in [2.75, 3.05) is 24.5 Å². The number of carbonyl (C=O) groups excluding carboxylic acids is 1. The van der Waals surface area contributed by atoms with E-state index in [-0.39, 0.29) is 5.41 Å².